The summed E-state index contributed by atoms with van der Waals surface area (Å²) in [5, 5.41) is 7.81. The Labute approximate surface area is 122 Å². The van der Waals surface area contributed by atoms with E-state index in [1.165, 1.54) is 0 Å². The predicted octanol–water partition coefficient (Wildman–Crippen LogP) is 3.75. The molecule has 5 heteroatoms. The molecule has 2 rings (SSSR count). The summed E-state index contributed by atoms with van der Waals surface area (Å²) in [4.78, 5) is 0. The fourth-order valence-electron chi connectivity index (χ4n) is 2.41. The quantitative estimate of drug-likeness (QED) is 0.931. The normalized spacial score (nSPS) is 13.2. The average Bonchev–Trinajstić information content (AvgIpc) is 2.85. The third kappa shape index (κ3) is 2.62. The third-order valence-electron chi connectivity index (χ3n) is 3.23. The Hall–Kier alpha value is -1.07. The van der Waals surface area contributed by atoms with Gasteiger partial charge in [-0.2, -0.15) is 5.10 Å². The first-order valence-corrected chi connectivity index (χ1v) is 7.22. The highest BCUT2D eigenvalue weighted by Crippen LogP contribution is 2.32. The molecular formula is C14H20BrN3O. The second-order valence-corrected chi connectivity index (χ2v) is 5.86. The minimum Gasteiger partial charge on any atom is -0.466 e. The van der Waals surface area contributed by atoms with Crippen molar-refractivity contribution in [3.63, 3.8) is 0 Å². The molecule has 1 atom stereocenters. The largest absolute Gasteiger partial charge is 0.466 e. The summed E-state index contributed by atoms with van der Waals surface area (Å²) in [5.41, 5.74) is 2.28. The summed E-state index contributed by atoms with van der Waals surface area (Å²) >= 11 is 3.60. The summed E-state index contributed by atoms with van der Waals surface area (Å²) in [5.74, 6) is 1.87. The fraction of sp³-hybridized carbons (Fsp3) is 0.500. The topological polar surface area (TPSA) is 43.0 Å². The van der Waals surface area contributed by atoms with Gasteiger partial charge >= 0.3 is 0 Å². The van der Waals surface area contributed by atoms with Gasteiger partial charge in [0.05, 0.1) is 22.4 Å². The molecule has 1 unspecified atom stereocenters. The lowest BCUT2D eigenvalue weighted by atomic mass is 10.0. The minimum absolute atomic E-state index is 0.0664. The number of hydrogen-bond acceptors (Lipinski definition) is 3. The molecule has 0 aliphatic rings. The number of halogens is 1. The molecule has 0 amide bonds. The SMILES string of the molecule is CNC(c1cc(C)oc1C)c1c(Br)cnn1C(C)C. The van der Waals surface area contributed by atoms with E-state index in [9.17, 15) is 0 Å². The van der Waals surface area contributed by atoms with Crippen molar-refractivity contribution < 1.29 is 4.42 Å². The van der Waals surface area contributed by atoms with Gasteiger partial charge in [0.15, 0.2) is 0 Å². The van der Waals surface area contributed by atoms with Crippen molar-refractivity contribution in [2.45, 2.75) is 39.8 Å². The van der Waals surface area contributed by atoms with E-state index in [1.807, 2.05) is 31.8 Å². The van der Waals surface area contributed by atoms with Gasteiger partial charge in [0.2, 0.25) is 0 Å². The van der Waals surface area contributed by atoms with Crippen molar-refractivity contribution in [2.24, 2.45) is 0 Å². The summed E-state index contributed by atoms with van der Waals surface area (Å²) < 4.78 is 8.70. The zero-order chi connectivity index (χ0) is 14.2. The molecule has 4 nitrogen and oxygen atoms in total. The first-order chi connectivity index (χ1) is 8.95. The van der Waals surface area contributed by atoms with Crippen molar-refractivity contribution in [1.29, 1.82) is 0 Å². The van der Waals surface area contributed by atoms with Crippen LogP contribution in [0, 0.1) is 13.8 Å². The van der Waals surface area contributed by atoms with Crippen molar-refractivity contribution in [2.75, 3.05) is 7.05 Å². The van der Waals surface area contributed by atoms with Gasteiger partial charge in [0.1, 0.15) is 11.5 Å². The van der Waals surface area contributed by atoms with Gasteiger partial charge in [-0.25, -0.2) is 0 Å². The maximum absolute atomic E-state index is 5.65. The molecule has 0 aromatic carbocycles. The summed E-state index contributed by atoms with van der Waals surface area (Å²) in [6.07, 6.45) is 1.85. The Morgan fingerprint density at radius 2 is 2.05 bits per heavy atom. The molecule has 0 saturated carbocycles. The van der Waals surface area contributed by atoms with E-state index in [1.54, 1.807) is 0 Å². The second-order valence-electron chi connectivity index (χ2n) is 5.01. The van der Waals surface area contributed by atoms with E-state index in [0.717, 1.165) is 27.3 Å². The van der Waals surface area contributed by atoms with Gasteiger partial charge in [0.25, 0.3) is 0 Å². The van der Waals surface area contributed by atoms with Crippen LogP contribution in [0.5, 0.6) is 0 Å². The average molecular weight is 326 g/mol. The van der Waals surface area contributed by atoms with Crippen LogP contribution in [0.4, 0.5) is 0 Å². The van der Waals surface area contributed by atoms with Crippen LogP contribution < -0.4 is 5.32 Å². The van der Waals surface area contributed by atoms with E-state index in [2.05, 4.69) is 46.3 Å². The molecule has 2 heterocycles. The van der Waals surface area contributed by atoms with E-state index in [0.29, 0.717) is 6.04 Å². The van der Waals surface area contributed by atoms with E-state index >= 15 is 0 Å². The van der Waals surface area contributed by atoms with Gasteiger partial charge in [-0.05, 0) is 56.7 Å². The highest BCUT2D eigenvalue weighted by atomic mass is 79.9. The standard InChI is InChI=1S/C14H20BrN3O/c1-8(2)18-14(12(15)7-17-18)13(16-5)11-6-9(3)19-10(11)4/h6-8,13,16H,1-5H3. The monoisotopic (exact) mass is 325 g/mol. The number of aromatic nitrogens is 2. The number of rotatable bonds is 4. The molecule has 0 aliphatic carbocycles. The zero-order valence-electron chi connectivity index (χ0n) is 12.0. The summed E-state index contributed by atoms with van der Waals surface area (Å²) in [7, 11) is 1.95. The fourth-order valence-corrected chi connectivity index (χ4v) is 2.91. The maximum atomic E-state index is 5.65. The summed E-state index contributed by atoms with van der Waals surface area (Å²) in [6, 6.07) is 2.46. The van der Waals surface area contributed by atoms with Crippen molar-refractivity contribution in [3.05, 3.63) is 39.5 Å². The van der Waals surface area contributed by atoms with Crippen LogP contribution in [0.3, 0.4) is 0 Å². The molecule has 19 heavy (non-hydrogen) atoms. The van der Waals surface area contributed by atoms with Crippen LogP contribution >= 0.6 is 15.9 Å². The molecule has 0 aliphatic heterocycles. The van der Waals surface area contributed by atoms with Gasteiger partial charge in [-0.3, -0.25) is 4.68 Å². The smallest absolute Gasteiger partial charge is 0.106 e. The Kier molecular flexibility index (Phi) is 4.16. The third-order valence-corrected chi connectivity index (χ3v) is 3.84. The van der Waals surface area contributed by atoms with Gasteiger partial charge in [0, 0.05) is 11.6 Å². The van der Waals surface area contributed by atoms with E-state index in [-0.39, 0.29) is 6.04 Å². The van der Waals surface area contributed by atoms with Crippen LogP contribution in [-0.4, -0.2) is 16.8 Å². The Balaban J connectivity index is 2.54. The molecule has 0 fully saturated rings. The first-order valence-electron chi connectivity index (χ1n) is 6.42. The summed E-state index contributed by atoms with van der Waals surface area (Å²) in [6.45, 7) is 8.22. The van der Waals surface area contributed by atoms with E-state index < -0.39 is 0 Å². The predicted molar refractivity (Wildman–Crippen MR) is 79.4 cm³/mol. The van der Waals surface area contributed by atoms with Crippen LogP contribution in [-0.2, 0) is 0 Å². The lowest BCUT2D eigenvalue weighted by Crippen LogP contribution is -2.23. The van der Waals surface area contributed by atoms with Crippen LogP contribution in [0.1, 0.15) is 48.7 Å². The first kappa shape index (κ1) is 14.3. The van der Waals surface area contributed by atoms with Gasteiger partial charge < -0.3 is 9.73 Å². The van der Waals surface area contributed by atoms with Crippen molar-refractivity contribution in [3.8, 4) is 0 Å². The van der Waals surface area contributed by atoms with Crippen LogP contribution in [0.15, 0.2) is 21.2 Å². The minimum atomic E-state index is 0.0664. The molecule has 2 aromatic heterocycles. The Morgan fingerprint density at radius 1 is 1.37 bits per heavy atom. The molecular weight excluding hydrogens is 306 g/mol. The number of nitrogens with zero attached hydrogens (tertiary/aromatic N) is 2. The van der Waals surface area contributed by atoms with E-state index in [4.69, 9.17) is 4.42 Å². The maximum Gasteiger partial charge on any atom is 0.106 e. The van der Waals surface area contributed by atoms with Gasteiger partial charge in [-0.15, -0.1) is 0 Å². The Morgan fingerprint density at radius 3 is 2.53 bits per heavy atom. The lowest BCUT2D eigenvalue weighted by molar-refractivity contribution is 0.471. The lowest BCUT2D eigenvalue weighted by Gasteiger charge is -2.20. The van der Waals surface area contributed by atoms with Crippen molar-refractivity contribution in [1.82, 2.24) is 15.1 Å². The number of aryl methyl sites for hydroxylation is 2. The molecule has 0 spiro atoms. The molecule has 1 N–H and O–H groups in total. The Bertz CT molecular complexity index is 571. The van der Waals surface area contributed by atoms with Crippen LogP contribution in [0.2, 0.25) is 0 Å². The molecule has 2 aromatic rings. The highest BCUT2D eigenvalue weighted by molar-refractivity contribution is 9.10. The number of hydrogen-bond donors (Lipinski definition) is 1. The van der Waals surface area contributed by atoms with Crippen LogP contribution in [0.25, 0.3) is 0 Å². The molecule has 0 bridgehead atoms. The zero-order valence-corrected chi connectivity index (χ0v) is 13.6. The van der Waals surface area contributed by atoms with Gasteiger partial charge in [-0.1, -0.05) is 0 Å². The van der Waals surface area contributed by atoms with Crippen molar-refractivity contribution >= 4 is 15.9 Å². The molecule has 0 saturated heterocycles. The second kappa shape index (κ2) is 5.51. The molecule has 0 radical (unpaired) electrons. The highest BCUT2D eigenvalue weighted by Gasteiger charge is 2.24. The number of nitrogens with one attached hydrogen (secondary N) is 1. The molecule has 104 valence electrons. The number of furan rings is 1.